The zero-order chi connectivity index (χ0) is 9.68. The first-order valence-corrected chi connectivity index (χ1v) is 4.79. The molecule has 0 atom stereocenters. The molecule has 70 valence electrons. The van der Waals surface area contributed by atoms with E-state index in [4.69, 9.17) is 23.2 Å². The lowest BCUT2D eigenvalue weighted by Crippen LogP contribution is -1.89. The summed E-state index contributed by atoms with van der Waals surface area (Å²) in [5.74, 6) is 0.122. The molecular weight excluding hydrogens is 210 g/mol. The van der Waals surface area contributed by atoms with Crippen LogP contribution < -0.4 is 0 Å². The van der Waals surface area contributed by atoms with Gasteiger partial charge in [-0.2, -0.15) is 0 Å². The van der Waals surface area contributed by atoms with E-state index in [-0.39, 0.29) is 5.82 Å². The van der Waals surface area contributed by atoms with Gasteiger partial charge >= 0.3 is 0 Å². The smallest absolute Gasteiger partial charge is 0.126 e. The van der Waals surface area contributed by atoms with Crippen molar-refractivity contribution in [3.63, 3.8) is 0 Å². The largest absolute Gasteiger partial charge is 0.207 e. The summed E-state index contributed by atoms with van der Waals surface area (Å²) in [6.07, 6.45) is 2.07. The maximum Gasteiger partial charge on any atom is 0.126 e. The first-order valence-electron chi connectivity index (χ1n) is 3.88. The molecule has 0 amide bonds. The highest BCUT2D eigenvalue weighted by Gasteiger charge is 2.01. The molecule has 0 heterocycles. The van der Waals surface area contributed by atoms with Crippen LogP contribution in [0.1, 0.15) is 5.56 Å². The van der Waals surface area contributed by atoms with E-state index >= 15 is 0 Å². The van der Waals surface area contributed by atoms with Crippen LogP contribution in [-0.2, 0) is 6.42 Å². The first kappa shape index (κ1) is 10.6. The summed E-state index contributed by atoms with van der Waals surface area (Å²) in [7, 11) is 0. The van der Waals surface area contributed by atoms with Crippen LogP contribution in [0, 0.1) is 5.82 Å². The molecule has 1 aromatic carbocycles. The van der Waals surface area contributed by atoms with Crippen molar-refractivity contribution in [2.24, 2.45) is 0 Å². The van der Waals surface area contributed by atoms with E-state index in [0.717, 1.165) is 0 Å². The molecule has 0 bridgehead atoms. The van der Waals surface area contributed by atoms with Crippen molar-refractivity contribution in [2.75, 3.05) is 5.88 Å². The molecule has 0 unspecified atom stereocenters. The predicted octanol–water partition coefficient (Wildman–Crippen LogP) is 3.73. The zero-order valence-electron chi connectivity index (χ0n) is 6.93. The molecule has 1 rings (SSSR count). The highest BCUT2D eigenvalue weighted by molar-refractivity contribution is 6.30. The number of hydrogen-bond acceptors (Lipinski definition) is 0. The van der Waals surface area contributed by atoms with E-state index in [9.17, 15) is 4.39 Å². The standard InChI is InChI=1S/C10H9Cl2F/c11-6-5-9(12)7-8-3-1-2-4-10(8)13/h1-5H,6-7H2. The minimum atomic E-state index is -0.233. The average molecular weight is 219 g/mol. The van der Waals surface area contributed by atoms with Crippen LogP contribution >= 0.6 is 23.2 Å². The molecule has 0 aliphatic carbocycles. The van der Waals surface area contributed by atoms with Crippen LogP contribution in [-0.4, -0.2) is 5.88 Å². The Bertz CT molecular complexity index is 308. The van der Waals surface area contributed by atoms with Crippen LogP contribution in [0.3, 0.4) is 0 Å². The Hall–Kier alpha value is -0.530. The van der Waals surface area contributed by atoms with Gasteiger partial charge in [-0.3, -0.25) is 0 Å². The highest BCUT2D eigenvalue weighted by atomic mass is 35.5. The Balaban J connectivity index is 2.74. The predicted molar refractivity (Wildman–Crippen MR) is 54.8 cm³/mol. The van der Waals surface area contributed by atoms with E-state index < -0.39 is 0 Å². The molecule has 0 spiro atoms. The van der Waals surface area contributed by atoms with Crippen molar-refractivity contribution >= 4 is 23.2 Å². The minimum Gasteiger partial charge on any atom is -0.207 e. The van der Waals surface area contributed by atoms with Gasteiger partial charge < -0.3 is 0 Å². The third kappa shape index (κ3) is 3.37. The van der Waals surface area contributed by atoms with Gasteiger partial charge in [0.25, 0.3) is 0 Å². The molecule has 13 heavy (non-hydrogen) atoms. The molecule has 0 fully saturated rings. The molecule has 0 aromatic heterocycles. The summed E-state index contributed by atoms with van der Waals surface area (Å²) in [6.45, 7) is 0. The molecule has 0 aliphatic heterocycles. The summed E-state index contributed by atoms with van der Waals surface area (Å²) >= 11 is 11.2. The number of benzene rings is 1. The second-order valence-electron chi connectivity index (χ2n) is 2.57. The first-order chi connectivity index (χ1) is 6.24. The van der Waals surface area contributed by atoms with Gasteiger partial charge in [0.05, 0.1) is 0 Å². The summed E-state index contributed by atoms with van der Waals surface area (Å²) in [4.78, 5) is 0. The summed E-state index contributed by atoms with van der Waals surface area (Å²) in [5, 5.41) is 0.570. The Morgan fingerprint density at radius 1 is 1.38 bits per heavy atom. The van der Waals surface area contributed by atoms with Gasteiger partial charge in [0, 0.05) is 17.3 Å². The second-order valence-corrected chi connectivity index (χ2v) is 3.37. The number of allylic oxidation sites excluding steroid dienone is 2. The van der Waals surface area contributed by atoms with Gasteiger partial charge in [0.1, 0.15) is 5.82 Å². The third-order valence-corrected chi connectivity index (χ3v) is 2.06. The van der Waals surface area contributed by atoms with E-state index in [1.807, 2.05) is 0 Å². The van der Waals surface area contributed by atoms with Crippen LogP contribution in [0.5, 0.6) is 0 Å². The van der Waals surface area contributed by atoms with Crippen molar-refractivity contribution in [3.8, 4) is 0 Å². The number of halogens is 3. The normalized spacial score (nSPS) is 11.8. The van der Waals surface area contributed by atoms with Crippen molar-refractivity contribution in [2.45, 2.75) is 6.42 Å². The van der Waals surface area contributed by atoms with Crippen molar-refractivity contribution in [3.05, 3.63) is 46.8 Å². The highest BCUT2D eigenvalue weighted by Crippen LogP contribution is 2.14. The lowest BCUT2D eigenvalue weighted by Gasteiger charge is -2.00. The van der Waals surface area contributed by atoms with Crippen LogP contribution in [0.2, 0.25) is 0 Å². The van der Waals surface area contributed by atoms with E-state index in [1.54, 1.807) is 24.3 Å². The fraction of sp³-hybridized carbons (Fsp3) is 0.200. The Labute approximate surface area is 87.0 Å². The molecule has 1 aromatic rings. The van der Waals surface area contributed by atoms with Crippen molar-refractivity contribution < 1.29 is 4.39 Å². The number of alkyl halides is 1. The van der Waals surface area contributed by atoms with Crippen LogP contribution in [0.4, 0.5) is 4.39 Å². The summed E-state index contributed by atoms with van der Waals surface area (Å²) in [6, 6.07) is 6.56. The quantitative estimate of drug-likeness (QED) is 0.679. The van der Waals surface area contributed by atoms with Gasteiger partial charge in [0.15, 0.2) is 0 Å². The maximum atomic E-state index is 13.1. The summed E-state index contributed by atoms with van der Waals surface area (Å²) in [5.41, 5.74) is 0.592. The Morgan fingerprint density at radius 2 is 2.08 bits per heavy atom. The lowest BCUT2D eigenvalue weighted by atomic mass is 10.1. The van der Waals surface area contributed by atoms with Crippen LogP contribution in [0.15, 0.2) is 35.4 Å². The average Bonchev–Trinajstić information content (AvgIpc) is 2.09. The number of rotatable bonds is 3. The molecule has 0 aliphatic rings. The Kier molecular flexibility index (Phi) is 4.26. The second kappa shape index (κ2) is 5.25. The third-order valence-electron chi connectivity index (χ3n) is 1.62. The number of hydrogen-bond donors (Lipinski definition) is 0. The van der Waals surface area contributed by atoms with Gasteiger partial charge in [-0.25, -0.2) is 4.39 Å². The van der Waals surface area contributed by atoms with E-state index in [0.29, 0.717) is 22.9 Å². The van der Waals surface area contributed by atoms with E-state index in [2.05, 4.69) is 0 Å². The molecule has 0 nitrogen and oxygen atoms in total. The lowest BCUT2D eigenvalue weighted by molar-refractivity contribution is 0.614. The fourth-order valence-corrected chi connectivity index (χ4v) is 1.47. The van der Waals surface area contributed by atoms with Gasteiger partial charge in [-0.05, 0) is 11.6 Å². The molecular formula is C10H9Cl2F. The molecule has 0 saturated carbocycles. The van der Waals surface area contributed by atoms with Gasteiger partial charge in [0.2, 0.25) is 0 Å². The molecule has 0 saturated heterocycles. The SMILES string of the molecule is Fc1ccccc1CC(Cl)=CCCl. The van der Waals surface area contributed by atoms with Gasteiger partial charge in [-0.1, -0.05) is 35.9 Å². The maximum absolute atomic E-state index is 13.1. The van der Waals surface area contributed by atoms with E-state index in [1.165, 1.54) is 6.07 Å². The summed E-state index contributed by atoms with van der Waals surface area (Å²) < 4.78 is 13.1. The zero-order valence-corrected chi connectivity index (χ0v) is 8.45. The molecule has 0 N–H and O–H groups in total. The molecule has 3 heteroatoms. The fourth-order valence-electron chi connectivity index (χ4n) is 0.980. The molecule has 0 radical (unpaired) electrons. The van der Waals surface area contributed by atoms with Gasteiger partial charge in [-0.15, -0.1) is 11.6 Å². The van der Waals surface area contributed by atoms with Crippen LogP contribution in [0.25, 0.3) is 0 Å². The van der Waals surface area contributed by atoms with Crippen molar-refractivity contribution in [1.29, 1.82) is 0 Å². The minimum absolute atomic E-state index is 0.233. The Morgan fingerprint density at radius 3 is 2.69 bits per heavy atom. The topological polar surface area (TPSA) is 0 Å². The monoisotopic (exact) mass is 218 g/mol. The van der Waals surface area contributed by atoms with Crippen molar-refractivity contribution in [1.82, 2.24) is 0 Å².